The molecule has 21 heavy (non-hydrogen) atoms. The third kappa shape index (κ3) is 3.87. The van der Waals surface area contributed by atoms with Crippen LogP contribution in [0.3, 0.4) is 0 Å². The van der Waals surface area contributed by atoms with Crippen molar-refractivity contribution in [1.82, 2.24) is 5.32 Å². The number of ether oxygens (including phenoxy) is 1. The molecule has 1 fully saturated rings. The molecule has 2 N–H and O–H groups in total. The highest BCUT2D eigenvalue weighted by molar-refractivity contribution is 5.98. The lowest BCUT2D eigenvalue weighted by Gasteiger charge is -2.13. The quantitative estimate of drug-likeness (QED) is 0.872. The summed E-state index contributed by atoms with van der Waals surface area (Å²) in [6.45, 7) is -1.42. The van der Waals surface area contributed by atoms with Crippen molar-refractivity contribution in [3.8, 4) is 5.75 Å². The Hall–Kier alpha value is -2.25. The zero-order chi connectivity index (χ0) is 15.7. The van der Waals surface area contributed by atoms with Gasteiger partial charge in [0.25, 0.3) is 5.91 Å². The Labute approximate surface area is 117 Å². The molecule has 0 unspecified atom stereocenters. The van der Waals surface area contributed by atoms with Gasteiger partial charge in [-0.1, -0.05) is 0 Å². The Morgan fingerprint density at radius 2 is 1.81 bits per heavy atom. The average molecular weight is 303 g/mol. The summed E-state index contributed by atoms with van der Waals surface area (Å²) < 4.78 is 40.4. The fraction of sp³-hybridized carbons (Fsp3) is 0.385. The molecule has 0 aliphatic heterocycles. The van der Waals surface area contributed by atoms with Crippen LogP contribution in [-0.2, 0) is 4.79 Å². The minimum absolute atomic E-state index is 0.0248. The van der Waals surface area contributed by atoms with Gasteiger partial charge in [-0.25, -0.2) is 4.79 Å². The van der Waals surface area contributed by atoms with E-state index < -0.39 is 30.2 Å². The molecule has 1 saturated carbocycles. The van der Waals surface area contributed by atoms with Crippen LogP contribution < -0.4 is 10.1 Å². The molecule has 114 valence electrons. The lowest BCUT2D eigenvalue weighted by Crippen LogP contribution is -2.43. The molecule has 0 heterocycles. The van der Waals surface area contributed by atoms with Gasteiger partial charge in [0.15, 0.2) is 6.61 Å². The summed E-state index contributed by atoms with van der Waals surface area (Å²) in [5.74, 6) is -1.71. The number of carbonyl (C=O) groups is 2. The summed E-state index contributed by atoms with van der Waals surface area (Å²) in [6.07, 6.45) is -3.71. The lowest BCUT2D eigenvalue weighted by molar-refractivity contribution is -0.153. The zero-order valence-corrected chi connectivity index (χ0v) is 10.7. The van der Waals surface area contributed by atoms with Crippen LogP contribution in [0.15, 0.2) is 24.3 Å². The zero-order valence-electron chi connectivity index (χ0n) is 10.7. The molecule has 0 aromatic heterocycles. The van der Waals surface area contributed by atoms with E-state index in [0.29, 0.717) is 12.8 Å². The molecular formula is C13H12F3NO4. The monoisotopic (exact) mass is 303 g/mol. The van der Waals surface area contributed by atoms with Crippen molar-refractivity contribution >= 4 is 11.9 Å². The summed E-state index contributed by atoms with van der Waals surface area (Å²) >= 11 is 0. The van der Waals surface area contributed by atoms with Crippen LogP contribution in [-0.4, -0.2) is 35.3 Å². The second kappa shape index (κ2) is 5.27. The number of amides is 1. The molecule has 1 aliphatic carbocycles. The number of hydrogen-bond acceptors (Lipinski definition) is 3. The van der Waals surface area contributed by atoms with E-state index >= 15 is 0 Å². The van der Waals surface area contributed by atoms with Crippen molar-refractivity contribution in [3.05, 3.63) is 29.8 Å². The summed E-state index contributed by atoms with van der Waals surface area (Å²) in [6, 6.07) is 5.00. The molecule has 0 radical (unpaired) electrons. The van der Waals surface area contributed by atoms with E-state index in [-0.39, 0.29) is 11.3 Å². The molecule has 0 atom stereocenters. The Bertz CT molecular complexity index is 550. The van der Waals surface area contributed by atoms with Gasteiger partial charge in [-0.15, -0.1) is 0 Å². The summed E-state index contributed by atoms with van der Waals surface area (Å²) in [5, 5.41) is 11.3. The van der Waals surface area contributed by atoms with Crippen LogP contribution in [0, 0.1) is 0 Å². The van der Waals surface area contributed by atoms with Crippen molar-refractivity contribution in [1.29, 1.82) is 0 Å². The Kier molecular flexibility index (Phi) is 3.80. The number of hydrogen-bond donors (Lipinski definition) is 2. The van der Waals surface area contributed by atoms with Crippen LogP contribution in [0.1, 0.15) is 23.2 Å². The minimum atomic E-state index is -4.43. The maximum absolute atomic E-state index is 12.0. The highest BCUT2D eigenvalue weighted by Gasteiger charge is 2.51. The topological polar surface area (TPSA) is 75.6 Å². The molecule has 5 nitrogen and oxygen atoms in total. The van der Waals surface area contributed by atoms with Gasteiger partial charge in [-0.05, 0) is 37.1 Å². The number of benzene rings is 1. The van der Waals surface area contributed by atoms with E-state index in [1.54, 1.807) is 0 Å². The number of carboxylic acid groups (broad SMARTS) is 1. The van der Waals surface area contributed by atoms with Crippen LogP contribution in [0.4, 0.5) is 13.2 Å². The SMILES string of the molecule is O=C(NC1(C(=O)O)CC1)c1ccc(OCC(F)(F)F)cc1. The van der Waals surface area contributed by atoms with Gasteiger partial charge in [0.05, 0.1) is 0 Å². The Morgan fingerprint density at radius 1 is 1.24 bits per heavy atom. The maximum Gasteiger partial charge on any atom is 0.422 e. The van der Waals surface area contributed by atoms with E-state index in [1.165, 1.54) is 24.3 Å². The lowest BCUT2D eigenvalue weighted by atomic mass is 10.1. The third-order valence-electron chi connectivity index (χ3n) is 3.03. The number of nitrogens with one attached hydrogen (secondary N) is 1. The van der Waals surface area contributed by atoms with Crippen molar-refractivity contribution in [2.75, 3.05) is 6.61 Å². The predicted molar refractivity (Wildman–Crippen MR) is 65.1 cm³/mol. The van der Waals surface area contributed by atoms with Crippen molar-refractivity contribution in [2.24, 2.45) is 0 Å². The van der Waals surface area contributed by atoms with E-state index in [1.807, 2.05) is 0 Å². The second-order valence-corrected chi connectivity index (χ2v) is 4.77. The number of aliphatic carboxylic acids is 1. The van der Waals surface area contributed by atoms with Crippen LogP contribution in [0.25, 0.3) is 0 Å². The fourth-order valence-corrected chi connectivity index (χ4v) is 1.67. The van der Waals surface area contributed by atoms with Gasteiger partial charge >= 0.3 is 12.1 Å². The average Bonchev–Trinajstić information content (AvgIpc) is 3.17. The van der Waals surface area contributed by atoms with Crippen molar-refractivity contribution < 1.29 is 32.6 Å². The summed E-state index contributed by atoms with van der Waals surface area (Å²) in [5.41, 5.74) is -1.05. The highest BCUT2D eigenvalue weighted by atomic mass is 19.4. The van der Waals surface area contributed by atoms with E-state index in [0.717, 1.165) is 0 Å². The number of carbonyl (C=O) groups excluding carboxylic acids is 1. The molecule has 0 bridgehead atoms. The van der Waals surface area contributed by atoms with E-state index in [9.17, 15) is 22.8 Å². The largest absolute Gasteiger partial charge is 0.484 e. The first-order valence-corrected chi connectivity index (χ1v) is 6.07. The van der Waals surface area contributed by atoms with Gasteiger partial charge in [-0.3, -0.25) is 4.79 Å². The first-order valence-electron chi connectivity index (χ1n) is 6.07. The molecule has 1 aromatic rings. The van der Waals surface area contributed by atoms with Crippen molar-refractivity contribution in [2.45, 2.75) is 24.6 Å². The van der Waals surface area contributed by atoms with E-state index in [4.69, 9.17) is 5.11 Å². The van der Waals surface area contributed by atoms with Gasteiger partial charge in [0.1, 0.15) is 11.3 Å². The second-order valence-electron chi connectivity index (χ2n) is 4.77. The first-order chi connectivity index (χ1) is 9.72. The molecule has 8 heteroatoms. The standard InChI is InChI=1S/C13H12F3NO4/c14-13(15,16)7-21-9-3-1-8(2-4-9)10(18)17-12(5-6-12)11(19)20/h1-4H,5-7H2,(H,17,18)(H,19,20). The van der Waals surface area contributed by atoms with Gasteiger partial charge in [0.2, 0.25) is 0 Å². The normalized spacial score (nSPS) is 16.1. The van der Waals surface area contributed by atoms with Gasteiger partial charge in [-0.2, -0.15) is 13.2 Å². The first kappa shape index (κ1) is 15.1. The maximum atomic E-state index is 12.0. The smallest absolute Gasteiger partial charge is 0.422 e. The van der Waals surface area contributed by atoms with Crippen LogP contribution >= 0.6 is 0 Å². The molecular weight excluding hydrogens is 291 g/mol. The molecule has 1 aromatic carbocycles. The third-order valence-corrected chi connectivity index (χ3v) is 3.03. The van der Waals surface area contributed by atoms with Gasteiger partial charge < -0.3 is 15.2 Å². The molecule has 0 spiro atoms. The van der Waals surface area contributed by atoms with Gasteiger partial charge in [0, 0.05) is 5.56 Å². The summed E-state index contributed by atoms with van der Waals surface area (Å²) in [4.78, 5) is 22.8. The molecule has 1 aliphatic rings. The number of alkyl halides is 3. The number of carboxylic acids is 1. The summed E-state index contributed by atoms with van der Waals surface area (Å²) in [7, 11) is 0. The fourth-order valence-electron chi connectivity index (χ4n) is 1.67. The molecule has 2 rings (SSSR count). The van der Waals surface area contributed by atoms with Crippen LogP contribution in [0.5, 0.6) is 5.75 Å². The minimum Gasteiger partial charge on any atom is -0.484 e. The van der Waals surface area contributed by atoms with Crippen LogP contribution in [0.2, 0.25) is 0 Å². The Balaban J connectivity index is 1.96. The molecule has 0 saturated heterocycles. The van der Waals surface area contributed by atoms with Crippen molar-refractivity contribution in [3.63, 3.8) is 0 Å². The highest BCUT2D eigenvalue weighted by Crippen LogP contribution is 2.35. The number of rotatable bonds is 5. The number of halogens is 3. The van der Waals surface area contributed by atoms with E-state index in [2.05, 4.69) is 10.1 Å². The predicted octanol–water partition coefficient (Wildman–Crippen LogP) is 1.97. The Morgan fingerprint density at radius 3 is 2.24 bits per heavy atom. The molecule has 1 amide bonds.